The number of benzene rings is 1. The molecule has 0 saturated carbocycles. The Morgan fingerprint density at radius 2 is 2.00 bits per heavy atom. The van der Waals surface area contributed by atoms with Crippen LogP contribution < -0.4 is 10.1 Å². The van der Waals surface area contributed by atoms with Gasteiger partial charge in [0.2, 0.25) is 0 Å². The summed E-state index contributed by atoms with van der Waals surface area (Å²) < 4.78 is 7.92. The number of aromatic nitrogens is 3. The van der Waals surface area contributed by atoms with E-state index in [0.29, 0.717) is 6.54 Å². The molecule has 0 aliphatic carbocycles. The van der Waals surface area contributed by atoms with E-state index in [2.05, 4.69) is 40.9 Å². The number of fused-ring (bicyclic) bond motifs is 1. The van der Waals surface area contributed by atoms with Crippen LogP contribution in [0.5, 0.6) is 5.75 Å². The Hall–Kier alpha value is -2.37. The van der Waals surface area contributed by atoms with Gasteiger partial charge >= 0.3 is 0 Å². The van der Waals surface area contributed by atoms with Crippen molar-refractivity contribution in [1.82, 2.24) is 20.1 Å². The summed E-state index contributed by atoms with van der Waals surface area (Å²) in [5.74, 6) is 2.46. The average molecular weight is 356 g/mol. The van der Waals surface area contributed by atoms with Crippen LogP contribution in [0.4, 0.5) is 0 Å². The predicted octanol–water partition coefficient (Wildman–Crippen LogP) is 3.00. The molecule has 6 nitrogen and oxygen atoms in total. The molecular weight excluding hydrogens is 328 g/mol. The lowest BCUT2D eigenvalue weighted by Gasteiger charge is -2.22. The van der Waals surface area contributed by atoms with Crippen LogP contribution >= 0.6 is 0 Å². The number of carbonyl (C=O) groups is 1. The van der Waals surface area contributed by atoms with Crippen molar-refractivity contribution in [2.45, 2.75) is 65.0 Å². The van der Waals surface area contributed by atoms with Crippen molar-refractivity contribution in [3.05, 3.63) is 41.5 Å². The maximum Gasteiger partial charge on any atom is 0.258 e. The molecule has 0 unspecified atom stereocenters. The maximum atomic E-state index is 12.2. The zero-order valence-electron chi connectivity index (χ0n) is 15.9. The fraction of sp³-hybridized carbons (Fsp3) is 0.550. The summed E-state index contributed by atoms with van der Waals surface area (Å²) in [4.78, 5) is 12.2. The van der Waals surface area contributed by atoms with E-state index in [4.69, 9.17) is 4.74 Å². The minimum atomic E-state index is -0.153. The first kappa shape index (κ1) is 18.4. The second-order valence-corrected chi connectivity index (χ2v) is 7.81. The monoisotopic (exact) mass is 356 g/mol. The number of hydrogen-bond donors (Lipinski definition) is 1. The van der Waals surface area contributed by atoms with Crippen LogP contribution in [0.1, 0.15) is 57.2 Å². The third kappa shape index (κ3) is 4.42. The van der Waals surface area contributed by atoms with Gasteiger partial charge < -0.3 is 14.6 Å². The molecule has 1 aliphatic heterocycles. The van der Waals surface area contributed by atoms with Gasteiger partial charge in [-0.2, -0.15) is 0 Å². The summed E-state index contributed by atoms with van der Waals surface area (Å²) in [6.45, 7) is 7.71. The summed E-state index contributed by atoms with van der Waals surface area (Å²) in [7, 11) is 0. The molecule has 2 aromatic rings. The van der Waals surface area contributed by atoms with E-state index >= 15 is 0 Å². The summed E-state index contributed by atoms with van der Waals surface area (Å²) >= 11 is 0. The number of aryl methyl sites for hydroxylation is 1. The Bertz CT molecular complexity index is 761. The lowest BCUT2D eigenvalue weighted by molar-refractivity contribution is -0.123. The van der Waals surface area contributed by atoms with Crippen molar-refractivity contribution < 1.29 is 9.53 Å². The van der Waals surface area contributed by atoms with E-state index in [1.165, 1.54) is 6.42 Å². The van der Waals surface area contributed by atoms with Crippen LogP contribution in [-0.2, 0) is 29.7 Å². The highest BCUT2D eigenvalue weighted by Crippen LogP contribution is 2.30. The van der Waals surface area contributed by atoms with E-state index < -0.39 is 0 Å². The zero-order valence-corrected chi connectivity index (χ0v) is 15.9. The average Bonchev–Trinajstić information content (AvgIpc) is 2.84. The summed E-state index contributed by atoms with van der Waals surface area (Å²) in [6.07, 6.45) is 4.48. The number of rotatable bonds is 5. The van der Waals surface area contributed by atoms with Gasteiger partial charge in [0.25, 0.3) is 5.91 Å². The molecular formula is C20H28N4O2. The van der Waals surface area contributed by atoms with Crippen LogP contribution in [0.15, 0.2) is 24.3 Å². The minimum absolute atomic E-state index is 0.00587. The standard InChI is InChI=1S/C20H28N4O2/c1-20(2,3)15-9-6-7-10-16(15)26-14-19(25)21-13-18-23-22-17-11-5-4-8-12-24(17)18/h6-7,9-10H,4-5,8,11-14H2,1-3H3,(H,21,25). The van der Waals surface area contributed by atoms with Crippen molar-refractivity contribution in [3.8, 4) is 5.75 Å². The Labute approximate surface area is 155 Å². The first-order chi connectivity index (χ1) is 12.4. The number of para-hydroxylation sites is 1. The molecule has 26 heavy (non-hydrogen) atoms. The zero-order chi connectivity index (χ0) is 18.6. The fourth-order valence-electron chi connectivity index (χ4n) is 3.26. The molecule has 0 saturated heterocycles. The predicted molar refractivity (Wildman–Crippen MR) is 100 cm³/mol. The molecule has 1 aromatic heterocycles. The highest BCUT2D eigenvalue weighted by molar-refractivity contribution is 5.77. The molecule has 1 N–H and O–H groups in total. The SMILES string of the molecule is CC(C)(C)c1ccccc1OCC(=O)NCc1nnc2n1CCCCC2. The Kier molecular flexibility index (Phi) is 5.59. The molecule has 0 atom stereocenters. The second kappa shape index (κ2) is 7.89. The molecule has 0 spiro atoms. The highest BCUT2D eigenvalue weighted by atomic mass is 16.5. The van der Waals surface area contributed by atoms with Gasteiger partial charge in [0.05, 0.1) is 6.54 Å². The molecule has 2 heterocycles. The van der Waals surface area contributed by atoms with Crippen LogP contribution in [-0.4, -0.2) is 27.3 Å². The van der Waals surface area contributed by atoms with E-state index in [1.807, 2.05) is 24.3 Å². The molecule has 1 aliphatic rings. The van der Waals surface area contributed by atoms with Gasteiger partial charge in [0.15, 0.2) is 12.4 Å². The van der Waals surface area contributed by atoms with Crippen LogP contribution in [0.2, 0.25) is 0 Å². The number of nitrogens with one attached hydrogen (secondary N) is 1. The quantitative estimate of drug-likeness (QED) is 0.894. The van der Waals surface area contributed by atoms with E-state index in [-0.39, 0.29) is 17.9 Å². The number of ether oxygens (including phenoxy) is 1. The largest absolute Gasteiger partial charge is 0.483 e. The summed E-state index contributed by atoms with van der Waals surface area (Å²) in [5.41, 5.74) is 1.06. The third-order valence-corrected chi connectivity index (χ3v) is 4.68. The Morgan fingerprint density at radius 1 is 1.19 bits per heavy atom. The van der Waals surface area contributed by atoms with Crippen molar-refractivity contribution in [3.63, 3.8) is 0 Å². The van der Waals surface area contributed by atoms with Crippen molar-refractivity contribution in [1.29, 1.82) is 0 Å². The highest BCUT2D eigenvalue weighted by Gasteiger charge is 2.19. The van der Waals surface area contributed by atoms with Crippen LogP contribution in [0.25, 0.3) is 0 Å². The van der Waals surface area contributed by atoms with Crippen molar-refractivity contribution in [2.24, 2.45) is 0 Å². The van der Waals surface area contributed by atoms with Crippen LogP contribution in [0, 0.1) is 0 Å². The van der Waals surface area contributed by atoms with Gasteiger partial charge in [-0.3, -0.25) is 4.79 Å². The second-order valence-electron chi connectivity index (χ2n) is 7.81. The number of amides is 1. The molecule has 3 rings (SSSR count). The van der Waals surface area contributed by atoms with E-state index in [9.17, 15) is 4.79 Å². The lowest BCUT2D eigenvalue weighted by atomic mass is 9.86. The van der Waals surface area contributed by atoms with E-state index in [0.717, 1.165) is 48.8 Å². The fourth-order valence-corrected chi connectivity index (χ4v) is 3.26. The molecule has 0 radical (unpaired) electrons. The van der Waals surface area contributed by atoms with Crippen LogP contribution in [0.3, 0.4) is 0 Å². The number of hydrogen-bond acceptors (Lipinski definition) is 4. The van der Waals surface area contributed by atoms with Gasteiger partial charge in [0, 0.05) is 13.0 Å². The molecule has 6 heteroatoms. The summed E-state index contributed by atoms with van der Waals surface area (Å²) in [6, 6.07) is 7.86. The topological polar surface area (TPSA) is 69.0 Å². The first-order valence-corrected chi connectivity index (χ1v) is 9.35. The van der Waals surface area contributed by atoms with Crippen molar-refractivity contribution >= 4 is 5.91 Å². The molecule has 140 valence electrons. The van der Waals surface area contributed by atoms with Gasteiger partial charge in [-0.15, -0.1) is 10.2 Å². The summed E-state index contributed by atoms with van der Waals surface area (Å²) in [5, 5.41) is 11.4. The van der Waals surface area contributed by atoms with E-state index in [1.54, 1.807) is 0 Å². The normalized spacial score (nSPS) is 14.4. The number of nitrogens with zero attached hydrogens (tertiary/aromatic N) is 3. The van der Waals surface area contributed by atoms with Gasteiger partial charge in [-0.05, 0) is 29.9 Å². The first-order valence-electron chi connectivity index (χ1n) is 9.35. The van der Waals surface area contributed by atoms with Gasteiger partial charge in [-0.1, -0.05) is 45.4 Å². The smallest absolute Gasteiger partial charge is 0.258 e. The molecule has 1 amide bonds. The lowest BCUT2D eigenvalue weighted by Crippen LogP contribution is -2.30. The molecule has 1 aromatic carbocycles. The molecule has 0 bridgehead atoms. The number of carbonyl (C=O) groups excluding carboxylic acids is 1. The Morgan fingerprint density at radius 3 is 2.81 bits per heavy atom. The third-order valence-electron chi connectivity index (χ3n) is 4.68. The van der Waals surface area contributed by atoms with Gasteiger partial charge in [-0.25, -0.2) is 0 Å². The van der Waals surface area contributed by atoms with Gasteiger partial charge in [0.1, 0.15) is 11.6 Å². The minimum Gasteiger partial charge on any atom is -0.483 e. The molecule has 0 fully saturated rings. The Balaban J connectivity index is 1.55. The van der Waals surface area contributed by atoms with Crippen molar-refractivity contribution in [2.75, 3.05) is 6.61 Å². The maximum absolute atomic E-state index is 12.2.